The van der Waals surface area contributed by atoms with Crippen molar-refractivity contribution < 1.29 is 0 Å². The van der Waals surface area contributed by atoms with Crippen molar-refractivity contribution in [3.05, 3.63) is 293 Å². The summed E-state index contributed by atoms with van der Waals surface area (Å²) in [5.41, 5.74) is 20.7. The van der Waals surface area contributed by atoms with Gasteiger partial charge in [0.1, 0.15) is 0 Å². The lowest BCUT2D eigenvalue weighted by Crippen LogP contribution is -2.32. The van der Waals surface area contributed by atoms with Crippen LogP contribution in [0.3, 0.4) is 0 Å². The summed E-state index contributed by atoms with van der Waals surface area (Å²) >= 11 is 5.68. The number of hydrogen-bond acceptors (Lipinski definition) is 4. The predicted octanol–water partition coefficient (Wildman–Crippen LogP) is 18.8. The third-order valence-corrected chi connectivity index (χ3v) is 19.5. The van der Waals surface area contributed by atoms with E-state index in [1.165, 1.54) is 118 Å². The minimum atomic E-state index is -0.498. The van der Waals surface area contributed by atoms with Crippen LogP contribution >= 0.6 is 34.9 Å². The van der Waals surface area contributed by atoms with E-state index in [2.05, 4.69) is 254 Å². The van der Waals surface area contributed by atoms with Gasteiger partial charge in [-0.3, -0.25) is 0 Å². The average Bonchev–Trinajstić information content (AvgIpc) is 4.07. The van der Waals surface area contributed by atoms with Gasteiger partial charge in [-0.1, -0.05) is 212 Å². The molecule has 0 N–H and O–H groups in total. The van der Waals surface area contributed by atoms with Crippen molar-refractivity contribution in [3.8, 4) is 33.4 Å². The Morgan fingerprint density at radius 2 is 0.764 bits per heavy atom. The average molecular weight is 968 g/mol. The van der Waals surface area contributed by atoms with Crippen molar-refractivity contribution in [2.24, 2.45) is 0 Å². The van der Waals surface area contributed by atoms with Gasteiger partial charge >= 0.3 is 0 Å². The highest BCUT2D eigenvalue weighted by atomic mass is 32.2. The molecule has 0 radical (unpaired) electrons. The SMILES string of the molecule is c1ccc2c(c1)Sc1ccccc1C21c2ccccc2-c2cc(N(c3ccc(-c4cccc5c4sc4ccccc45)cc3)c3cccc4c3-c3ccccc3C43c4ccccc4Sc4ccccc43)ccc21. The summed E-state index contributed by atoms with van der Waals surface area (Å²) in [5, 5.41) is 2.63. The highest BCUT2D eigenvalue weighted by molar-refractivity contribution is 7.99. The lowest BCUT2D eigenvalue weighted by atomic mass is 9.67. The number of anilines is 3. The van der Waals surface area contributed by atoms with Gasteiger partial charge in [0.15, 0.2) is 0 Å². The normalized spacial score (nSPS) is 14.5. The Morgan fingerprint density at radius 1 is 0.306 bits per heavy atom. The summed E-state index contributed by atoms with van der Waals surface area (Å²) < 4.78 is 2.65. The smallest absolute Gasteiger partial charge is 0.0736 e. The van der Waals surface area contributed by atoms with Crippen LogP contribution in [0.1, 0.15) is 44.5 Å². The van der Waals surface area contributed by atoms with Crippen LogP contribution in [0.15, 0.2) is 268 Å². The number of fused-ring (bicyclic) bond motifs is 21. The van der Waals surface area contributed by atoms with E-state index in [9.17, 15) is 0 Å². The molecule has 0 fully saturated rings. The van der Waals surface area contributed by atoms with Crippen LogP contribution in [0, 0.1) is 0 Å². The van der Waals surface area contributed by atoms with Crippen LogP contribution in [0.25, 0.3) is 53.6 Å². The van der Waals surface area contributed by atoms with Crippen molar-refractivity contribution in [2.45, 2.75) is 30.4 Å². The number of hydrogen-bond donors (Lipinski definition) is 0. The number of nitrogens with zero attached hydrogens (tertiary/aromatic N) is 1. The molecule has 1 nitrogen and oxygen atoms in total. The van der Waals surface area contributed by atoms with E-state index in [0.29, 0.717) is 0 Å². The van der Waals surface area contributed by atoms with E-state index in [1.807, 2.05) is 34.9 Å². The van der Waals surface area contributed by atoms with E-state index >= 15 is 0 Å². The van der Waals surface area contributed by atoms with Gasteiger partial charge in [-0.2, -0.15) is 0 Å². The highest BCUT2D eigenvalue weighted by Gasteiger charge is 2.52. The van der Waals surface area contributed by atoms with Gasteiger partial charge in [-0.15, -0.1) is 11.3 Å². The molecule has 0 bridgehead atoms. The quantitative estimate of drug-likeness (QED) is 0.173. The monoisotopic (exact) mass is 967 g/mol. The highest BCUT2D eigenvalue weighted by Crippen LogP contribution is 2.66. The fourth-order valence-electron chi connectivity index (χ4n) is 13.2. The third kappa shape index (κ3) is 5.36. The zero-order valence-corrected chi connectivity index (χ0v) is 41.3. The Morgan fingerprint density at radius 3 is 1.42 bits per heavy atom. The Kier molecular flexibility index (Phi) is 8.69. The number of thiophene rings is 1. The molecule has 16 rings (SSSR count). The summed E-state index contributed by atoms with van der Waals surface area (Å²) in [6.45, 7) is 0. The zero-order valence-electron chi connectivity index (χ0n) is 38.8. The molecule has 3 heterocycles. The van der Waals surface area contributed by atoms with Crippen LogP contribution < -0.4 is 4.90 Å². The zero-order chi connectivity index (χ0) is 47.1. The van der Waals surface area contributed by atoms with E-state index in [-0.39, 0.29) is 0 Å². The first-order valence-corrected chi connectivity index (χ1v) is 27.2. The van der Waals surface area contributed by atoms with Crippen molar-refractivity contribution in [3.63, 3.8) is 0 Å². The molecule has 0 amide bonds. The predicted molar refractivity (Wildman–Crippen MR) is 302 cm³/mol. The molecular weight excluding hydrogens is 927 g/mol. The Hall–Kier alpha value is -7.86. The van der Waals surface area contributed by atoms with Gasteiger partial charge in [0, 0.05) is 56.7 Å². The topological polar surface area (TPSA) is 3.24 Å². The van der Waals surface area contributed by atoms with Crippen LogP contribution in [0.2, 0.25) is 0 Å². The van der Waals surface area contributed by atoms with Gasteiger partial charge in [0.05, 0.1) is 16.5 Å². The molecule has 4 heteroatoms. The molecule has 0 unspecified atom stereocenters. The molecule has 2 spiro atoms. The summed E-state index contributed by atoms with van der Waals surface area (Å²) in [6.07, 6.45) is 0. The van der Waals surface area contributed by atoms with Crippen LogP contribution in [-0.4, -0.2) is 0 Å². The molecule has 336 valence electrons. The maximum atomic E-state index is 2.56. The third-order valence-electron chi connectivity index (χ3n) is 16.0. The van der Waals surface area contributed by atoms with Gasteiger partial charge in [0.2, 0.25) is 0 Å². The maximum absolute atomic E-state index is 2.56. The van der Waals surface area contributed by atoms with E-state index in [0.717, 1.165) is 17.1 Å². The second-order valence-electron chi connectivity index (χ2n) is 19.4. The molecule has 0 saturated heterocycles. The molecule has 2 aliphatic heterocycles. The molecule has 1 aromatic heterocycles. The van der Waals surface area contributed by atoms with Crippen molar-refractivity contribution in [2.75, 3.05) is 4.90 Å². The minimum absolute atomic E-state index is 0.456. The van der Waals surface area contributed by atoms with Crippen molar-refractivity contribution in [1.29, 1.82) is 0 Å². The molecule has 2 aliphatic carbocycles. The number of benzene rings is 11. The lowest BCUT2D eigenvalue weighted by Gasteiger charge is -2.40. The van der Waals surface area contributed by atoms with E-state index in [4.69, 9.17) is 0 Å². The molecule has 0 saturated carbocycles. The Labute approximate surface area is 431 Å². The molecule has 11 aromatic carbocycles. The summed E-state index contributed by atoms with van der Waals surface area (Å²) in [7, 11) is 0. The second kappa shape index (κ2) is 15.3. The molecule has 12 aromatic rings. The molecule has 0 atom stereocenters. The maximum Gasteiger partial charge on any atom is 0.0736 e. The van der Waals surface area contributed by atoms with Crippen LogP contribution in [-0.2, 0) is 10.8 Å². The lowest BCUT2D eigenvalue weighted by molar-refractivity contribution is 0.722. The van der Waals surface area contributed by atoms with Gasteiger partial charge in [-0.25, -0.2) is 0 Å². The van der Waals surface area contributed by atoms with Crippen molar-refractivity contribution in [1.82, 2.24) is 0 Å². The standard InChI is InChI=1S/C68H41NS3/c1-4-22-51-46(17-1)50-41-44(39-40-53(50)67(51)54-24-6-11-31-61(54)70-62-32-12-7-25-55(62)67)69(43-37-35-42(36-38-43)45-20-15-21-48-47-18-3-10-30-60(47)72-66(45)48)59-29-16-28-58-65(59)49-19-2-5-23-52(49)68(58)56-26-8-13-33-63(56)71-64-34-14-9-27-57(64)68/h1-41H. The Bertz CT molecular complexity index is 4170. The first-order chi connectivity index (χ1) is 35.7. The van der Waals surface area contributed by atoms with Gasteiger partial charge in [0.25, 0.3) is 0 Å². The summed E-state index contributed by atoms with van der Waals surface area (Å²) in [5.74, 6) is 0. The van der Waals surface area contributed by atoms with E-state index < -0.39 is 10.8 Å². The largest absolute Gasteiger partial charge is 0.310 e. The fourth-order valence-corrected chi connectivity index (χ4v) is 16.9. The number of rotatable bonds is 4. The van der Waals surface area contributed by atoms with Gasteiger partial charge < -0.3 is 4.90 Å². The first-order valence-electron chi connectivity index (χ1n) is 24.7. The minimum Gasteiger partial charge on any atom is -0.310 e. The van der Waals surface area contributed by atoms with Crippen LogP contribution in [0.4, 0.5) is 17.1 Å². The van der Waals surface area contributed by atoms with Crippen molar-refractivity contribution >= 4 is 72.1 Å². The first kappa shape index (κ1) is 40.8. The molecule has 72 heavy (non-hydrogen) atoms. The van der Waals surface area contributed by atoms with Gasteiger partial charge in [-0.05, 0) is 133 Å². The molecule has 4 aliphatic rings. The summed E-state index contributed by atoms with van der Waals surface area (Å²) in [6, 6.07) is 94.2. The Balaban J connectivity index is 0.958. The summed E-state index contributed by atoms with van der Waals surface area (Å²) in [4.78, 5) is 7.79. The molecular formula is C68H41NS3. The second-order valence-corrected chi connectivity index (χ2v) is 22.6. The van der Waals surface area contributed by atoms with Crippen LogP contribution in [0.5, 0.6) is 0 Å². The van der Waals surface area contributed by atoms with E-state index in [1.54, 1.807) is 0 Å². The fraction of sp³-hybridized carbons (Fsp3) is 0.0294.